The average Bonchev–Trinajstić information content (AvgIpc) is 2.71. The molecule has 0 spiro atoms. The van der Waals surface area contributed by atoms with E-state index in [1.807, 2.05) is 6.07 Å². The maximum atomic E-state index is 11.4. The topological polar surface area (TPSA) is 105 Å². The van der Waals surface area contributed by atoms with Crippen molar-refractivity contribution in [1.82, 2.24) is 4.98 Å². The minimum absolute atomic E-state index is 0.303. The SMILES string of the molecule is N#Cc1ccc2c(C(=O)N=[N+]=[N-])c[nH]c2c1. The molecule has 0 saturated carbocycles. The van der Waals surface area contributed by atoms with Crippen molar-refractivity contribution in [3.63, 3.8) is 0 Å². The van der Waals surface area contributed by atoms with E-state index in [1.165, 1.54) is 6.20 Å². The van der Waals surface area contributed by atoms with Gasteiger partial charge in [-0.1, -0.05) is 6.07 Å². The van der Waals surface area contributed by atoms with E-state index in [-0.39, 0.29) is 0 Å². The van der Waals surface area contributed by atoms with Crippen molar-refractivity contribution in [2.75, 3.05) is 0 Å². The second kappa shape index (κ2) is 3.77. The van der Waals surface area contributed by atoms with E-state index in [0.29, 0.717) is 22.0 Å². The number of aromatic nitrogens is 1. The molecular formula is C10H5N5O. The Labute approximate surface area is 89.7 Å². The molecule has 1 aromatic carbocycles. The summed E-state index contributed by atoms with van der Waals surface area (Å²) in [5, 5.41) is 12.4. The number of nitrogens with zero attached hydrogens (tertiary/aromatic N) is 4. The molecule has 0 saturated heterocycles. The lowest BCUT2D eigenvalue weighted by atomic mass is 10.1. The van der Waals surface area contributed by atoms with E-state index in [9.17, 15) is 4.79 Å². The Kier molecular flexibility index (Phi) is 2.30. The molecule has 0 bridgehead atoms. The fourth-order valence-electron chi connectivity index (χ4n) is 1.47. The number of aromatic amines is 1. The van der Waals surface area contributed by atoms with Crippen LogP contribution in [0.15, 0.2) is 29.5 Å². The van der Waals surface area contributed by atoms with Gasteiger partial charge in [0.1, 0.15) is 0 Å². The van der Waals surface area contributed by atoms with Crippen molar-refractivity contribution < 1.29 is 4.79 Å². The predicted molar refractivity (Wildman–Crippen MR) is 56.5 cm³/mol. The van der Waals surface area contributed by atoms with Crippen LogP contribution in [0.4, 0.5) is 0 Å². The summed E-state index contributed by atoms with van der Waals surface area (Å²) in [5.74, 6) is -0.640. The van der Waals surface area contributed by atoms with Gasteiger partial charge >= 0.3 is 0 Å². The largest absolute Gasteiger partial charge is 0.360 e. The Bertz CT molecular complexity index is 657. The fraction of sp³-hybridized carbons (Fsp3) is 0. The molecule has 1 amide bonds. The smallest absolute Gasteiger partial charge is 0.251 e. The van der Waals surface area contributed by atoms with Gasteiger partial charge in [-0.2, -0.15) is 5.26 Å². The van der Waals surface area contributed by atoms with Gasteiger partial charge in [0.25, 0.3) is 5.91 Å². The lowest BCUT2D eigenvalue weighted by Gasteiger charge is -1.93. The molecule has 0 aliphatic carbocycles. The number of nitrogens with one attached hydrogen (secondary N) is 1. The highest BCUT2D eigenvalue weighted by molar-refractivity contribution is 6.07. The molecule has 0 radical (unpaired) electrons. The molecule has 0 aliphatic rings. The molecule has 2 rings (SSSR count). The van der Waals surface area contributed by atoms with Crippen LogP contribution in [0.2, 0.25) is 0 Å². The van der Waals surface area contributed by atoms with Crippen molar-refractivity contribution in [3.05, 3.63) is 46.0 Å². The van der Waals surface area contributed by atoms with Gasteiger partial charge in [0, 0.05) is 27.6 Å². The van der Waals surface area contributed by atoms with Gasteiger partial charge in [0.05, 0.1) is 11.6 Å². The van der Waals surface area contributed by atoms with E-state index in [2.05, 4.69) is 15.0 Å². The summed E-state index contributed by atoms with van der Waals surface area (Å²) in [5.41, 5.74) is 9.64. The second-order valence-electron chi connectivity index (χ2n) is 3.07. The van der Waals surface area contributed by atoms with Gasteiger partial charge in [0.15, 0.2) is 0 Å². The van der Waals surface area contributed by atoms with Gasteiger partial charge in [-0.3, -0.25) is 4.79 Å². The number of carbonyl (C=O) groups excluding carboxylic acids is 1. The first-order chi connectivity index (χ1) is 7.76. The highest BCUT2D eigenvalue weighted by atomic mass is 16.1. The van der Waals surface area contributed by atoms with Crippen LogP contribution in [0.25, 0.3) is 21.3 Å². The van der Waals surface area contributed by atoms with Crippen LogP contribution in [-0.4, -0.2) is 10.9 Å². The summed E-state index contributed by atoms with van der Waals surface area (Å²) >= 11 is 0. The molecule has 1 aromatic heterocycles. The number of H-pyrrole nitrogens is 1. The van der Waals surface area contributed by atoms with Crippen LogP contribution in [-0.2, 0) is 0 Å². The first-order valence-corrected chi connectivity index (χ1v) is 4.37. The predicted octanol–water partition coefficient (Wildman–Crippen LogP) is 2.49. The van der Waals surface area contributed by atoms with Crippen LogP contribution in [0.5, 0.6) is 0 Å². The van der Waals surface area contributed by atoms with E-state index < -0.39 is 5.91 Å². The van der Waals surface area contributed by atoms with Crippen LogP contribution >= 0.6 is 0 Å². The molecule has 0 atom stereocenters. The van der Waals surface area contributed by atoms with Gasteiger partial charge in [-0.15, -0.1) is 0 Å². The molecule has 0 fully saturated rings. The number of rotatable bonds is 1. The third kappa shape index (κ3) is 1.47. The van der Waals surface area contributed by atoms with Crippen LogP contribution in [0.1, 0.15) is 15.9 Å². The van der Waals surface area contributed by atoms with E-state index >= 15 is 0 Å². The van der Waals surface area contributed by atoms with E-state index in [4.69, 9.17) is 10.8 Å². The van der Waals surface area contributed by atoms with Gasteiger partial charge in [-0.25, -0.2) is 0 Å². The third-order valence-corrected chi connectivity index (χ3v) is 2.18. The Morgan fingerprint density at radius 1 is 1.56 bits per heavy atom. The molecule has 6 heteroatoms. The lowest BCUT2D eigenvalue weighted by molar-refractivity contribution is 0.100. The minimum Gasteiger partial charge on any atom is -0.360 e. The Balaban J connectivity index is 2.63. The van der Waals surface area contributed by atoms with Gasteiger partial charge in [0.2, 0.25) is 0 Å². The molecule has 0 aliphatic heterocycles. The standard InChI is InChI=1S/C10H5N5O/c11-4-6-1-2-7-8(10(16)14-15-12)5-13-9(7)3-6/h1-3,5,13H. The van der Waals surface area contributed by atoms with Crippen LogP contribution < -0.4 is 0 Å². The summed E-state index contributed by atoms with van der Waals surface area (Å²) < 4.78 is 0. The van der Waals surface area contributed by atoms with Crippen LogP contribution in [0, 0.1) is 11.3 Å². The maximum Gasteiger partial charge on any atom is 0.251 e. The van der Waals surface area contributed by atoms with Crippen molar-refractivity contribution in [2.45, 2.75) is 0 Å². The number of nitriles is 1. The first kappa shape index (κ1) is 9.77. The zero-order valence-corrected chi connectivity index (χ0v) is 8.01. The lowest BCUT2D eigenvalue weighted by Crippen LogP contribution is -1.90. The maximum absolute atomic E-state index is 11.4. The number of hydrogen-bond donors (Lipinski definition) is 1. The summed E-state index contributed by atoms with van der Waals surface area (Å²) in [6, 6.07) is 6.87. The molecule has 0 unspecified atom stereocenters. The Morgan fingerprint density at radius 2 is 2.38 bits per heavy atom. The molecule has 6 nitrogen and oxygen atoms in total. The van der Waals surface area contributed by atoms with E-state index in [1.54, 1.807) is 18.2 Å². The molecule has 2 aromatic rings. The number of azide groups is 1. The van der Waals surface area contributed by atoms with Crippen LogP contribution in [0.3, 0.4) is 0 Å². The summed E-state index contributed by atoms with van der Waals surface area (Å²) in [6.07, 6.45) is 1.46. The number of fused-ring (bicyclic) bond motifs is 1. The molecule has 76 valence electrons. The first-order valence-electron chi connectivity index (χ1n) is 4.37. The van der Waals surface area contributed by atoms with Gasteiger partial charge in [-0.05, 0) is 22.8 Å². The zero-order valence-electron chi connectivity index (χ0n) is 8.01. The minimum atomic E-state index is -0.640. The number of carbonyl (C=O) groups is 1. The average molecular weight is 211 g/mol. The quantitative estimate of drug-likeness (QED) is 0.444. The zero-order chi connectivity index (χ0) is 11.5. The van der Waals surface area contributed by atoms with E-state index in [0.717, 1.165) is 0 Å². The molecule has 1 N–H and O–H groups in total. The second-order valence-corrected chi connectivity index (χ2v) is 3.07. The highest BCUT2D eigenvalue weighted by Gasteiger charge is 2.10. The number of benzene rings is 1. The summed E-state index contributed by atoms with van der Waals surface area (Å²) in [4.78, 5) is 16.7. The summed E-state index contributed by atoms with van der Waals surface area (Å²) in [7, 11) is 0. The normalized spacial score (nSPS) is 9.44. The Morgan fingerprint density at radius 3 is 3.06 bits per heavy atom. The van der Waals surface area contributed by atoms with Crippen molar-refractivity contribution in [3.8, 4) is 6.07 Å². The monoisotopic (exact) mass is 211 g/mol. The highest BCUT2D eigenvalue weighted by Crippen LogP contribution is 2.20. The third-order valence-electron chi connectivity index (χ3n) is 2.18. The van der Waals surface area contributed by atoms with Crippen molar-refractivity contribution in [1.29, 1.82) is 5.26 Å². The summed E-state index contributed by atoms with van der Waals surface area (Å²) in [6.45, 7) is 0. The Hall–Kier alpha value is -2.77. The van der Waals surface area contributed by atoms with Crippen molar-refractivity contribution in [2.24, 2.45) is 5.11 Å². The number of hydrogen-bond acceptors (Lipinski definition) is 2. The van der Waals surface area contributed by atoms with Gasteiger partial charge < -0.3 is 4.98 Å². The molecule has 1 heterocycles. The molecular weight excluding hydrogens is 206 g/mol. The number of amides is 1. The fourth-order valence-corrected chi connectivity index (χ4v) is 1.47. The van der Waals surface area contributed by atoms with Crippen molar-refractivity contribution >= 4 is 16.8 Å². The molecule has 16 heavy (non-hydrogen) atoms.